The van der Waals surface area contributed by atoms with Crippen molar-refractivity contribution in [3.05, 3.63) is 39.7 Å². The molecule has 8 heteroatoms. The maximum Gasteiger partial charge on any atom is 0.305 e. The van der Waals surface area contributed by atoms with E-state index in [1.165, 1.54) is 7.05 Å². The van der Waals surface area contributed by atoms with Crippen LogP contribution in [0.1, 0.15) is 16.8 Å². The molecule has 0 bridgehead atoms. The number of nitrogens with zero attached hydrogens (tertiary/aromatic N) is 2. The van der Waals surface area contributed by atoms with Gasteiger partial charge in [-0.05, 0) is 6.07 Å². The lowest BCUT2D eigenvalue weighted by Crippen LogP contribution is -2.29. The van der Waals surface area contributed by atoms with Crippen LogP contribution in [0.2, 0.25) is 0 Å². The average molecular weight is 270 g/mol. The number of hydrogen-bond donors (Lipinski definition) is 1. The van der Waals surface area contributed by atoms with Crippen LogP contribution >= 0.6 is 0 Å². The number of hydrogen-bond acceptors (Lipinski definition) is 4. The molecule has 0 saturated heterocycles. The SMILES string of the molecule is CN(CCC(=O)O)C(=O)c1cc(F)cc([N+](=O)[O-])c1. The van der Waals surface area contributed by atoms with Gasteiger partial charge in [-0.2, -0.15) is 0 Å². The molecular weight excluding hydrogens is 259 g/mol. The van der Waals surface area contributed by atoms with Crippen LogP contribution in [0, 0.1) is 15.9 Å². The minimum Gasteiger partial charge on any atom is -0.481 e. The normalized spacial score (nSPS) is 10.0. The van der Waals surface area contributed by atoms with E-state index in [-0.39, 0.29) is 18.5 Å². The smallest absolute Gasteiger partial charge is 0.305 e. The lowest BCUT2D eigenvalue weighted by molar-refractivity contribution is -0.385. The number of carboxylic acid groups (broad SMARTS) is 1. The van der Waals surface area contributed by atoms with Crippen molar-refractivity contribution in [2.24, 2.45) is 0 Å². The Morgan fingerprint density at radius 3 is 2.58 bits per heavy atom. The predicted molar refractivity (Wildman–Crippen MR) is 62.3 cm³/mol. The summed E-state index contributed by atoms with van der Waals surface area (Å²) in [7, 11) is 1.34. The molecule has 19 heavy (non-hydrogen) atoms. The molecular formula is C11H11FN2O5. The number of aliphatic carboxylic acids is 1. The largest absolute Gasteiger partial charge is 0.481 e. The van der Waals surface area contributed by atoms with E-state index in [1.807, 2.05) is 0 Å². The quantitative estimate of drug-likeness (QED) is 0.641. The van der Waals surface area contributed by atoms with Gasteiger partial charge in [0.2, 0.25) is 0 Å². The van der Waals surface area contributed by atoms with Crippen molar-refractivity contribution in [1.82, 2.24) is 4.90 Å². The summed E-state index contributed by atoms with van der Waals surface area (Å²) >= 11 is 0. The van der Waals surface area contributed by atoms with Gasteiger partial charge in [0.1, 0.15) is 5.82 Å². The molecule has 0 saturated carbocycles. The van der Waals surface area contributed by atoms with Crippen molar-refractivity contribution < 1.29 is 24.0 Å². The number of carbonyl (C=O) groups is 2. The second-order valence-corrected chi connectivity index (χ2v) is 3.83. The number of carbonyl (C=O) groups excluding carboxylic acids is 1. The molecule has 0 aliphatic rings. The van der Waals surface area contributed by atoms with E-state index in [0.29, 0.717) is 6.07 Å². The topological polar surface area (TPSA) is 101 Å². The van der Waals surface area contributed by atoms with Gasteiger partial charge in [-0.25, -0.2) is 4.39 Å². The van der Waals surface area contributed by atoms with E-state index in [4.69, 9.17) is 5.11 Å². The zero-order valence-corrected chi connectivity index (χ0v) is 10.00. The molecule has 1 amide bonds. The molecule has 0 aromatic heterocycles. The molecule has 1 aromatic rings. The van der Waals surface area contributed by atoms with E-state index < -0.39 is 28.3 Å². The first kappa shape index (κ1) is 14.6. The molecule has 102 valence electrons. The van der Waals surface area contributed by atoms with Gasteiger partial charge < -0.3 is 10.0 Å². The third-order valence-electron chi connectivity index (χ3n) is 2.35. The van der Waals surface area contributed by atoms with Crippen molar-refractivity contribution in [3.8, 4) is 0 Å². The van der Waals surface area contributed by atoms with E-state index >= 15 is 0 Å². The van der Waals surface area contributed by atoms with Crippen LogP contribution in [-0.2, 0) is 4.79 Å². The lowest BCUT2D eigenvalue weighted by atomic mass is 10.1. The molecule has 0 fully saturated rings. The Morgan fingerprint density at radius 1 is 1.42 bits per heavy atom. The molecule has 0 heterocycles. The zero-order chi connectivity index (χ0) is 14.6. The van der Waals surface area contributed by atoms with Crippen LogP contribution in [-0.4, -0.2) is 40.4 Å². The summed E-state index contributed by atoms with van der Waals surface area (Å²) in [5.41, 5.74) is -0.727. The highest BCUT2D eigenvalue weighted by Gasteiger charge is 2.18. The minimum atomic E-state index is -1.08. The molecule has 0 radical (unpaired) electrons. The maximum atomic E-state index is 13.2. The Balaban J connectivity index is 2.92. The molecule has 0 atom stereocenters. The predicted octanol–water partition coefficient (Wildman–Crippen LogP) is 1.28. The van der Waals surface area contributed by atoms with Gasteiger partial charge >= 0.3 is 5.97 Å². The second kappa shape index (κ2) is 5.89. The molecule has 0 aliphatic carbocycles. The fraction of sp³-hybridized carbons (Fsp3) is 0.273. The number of halogens is 1. The van der Waals surface area contributed by atoms with Crippen LogP contribution in [0.3, 0.4) is 0 Å². The summed E-state index contributed by atoms with van der Waals surface area (Å²) in [5.74, 6) is -2.65. The van der Waals surface area contributed by atoms with Crippen molar-refractivity contribution in [2.75, 3.05) is 13.6 Å². The summed E-state index contributed by atoms with van der Waals surface area (Å²) < 4.78 is 13.2. The van der Waals surface area contributed by atoms with Crippen LogP contribution < -0.4 is 0 Å². The Morgan fingerprint density at radius 2 is 2.05 bits per heavy atom. The zero-order valence-electron chi connectivity index (χ0n) is 10.00. The van der Waals surface area contributed by atoms with Crippen LogP contribution in [0.5, 0.6) is 0 Å². The van der Waals surface area contributed by atoms with Crippen molar-refractivity contribution >= 4 is 17.6 Å². The van der Waals surface area contributed by atoms with Crippen molar-refractivity contribution in [1.29, 1.82) is 0 Å². The summed E-state index contributed by atoms with van der Waals surface area (Å²) in [6.07, 6.45) is -0.264. The number of nitro groups is 1. The number of rotatable bonds is 5. The van der Waals surface area contributed by atoms with E-state index in [9.17, 15) is 24.1 Å². The summed E-state index contributed by atoms with van der Waals surface area (Å²) in [6.45, 7) is -0.0710. The number of amides is 1. The third kappa shape index (κ3) is 4.02. The summed E-state index contributed by atoms with van der Waals surface area (Å²) in [6, 6.07) is 2.52. The Labute approximate surface area is 107 Å². The molecule has 1 rings (SSSR count). The number of benzene rings is 1. The molecule has 0 unspecified atom stereocenters. The maximum absolute atomic E-state index is 13.2. The highest BCUT2D eigenvalue weighted by Crippen LogP contribution is 2.17. The number of non-ortho nitro benzene ring substituents is 1. The van der Waals surface area contributed by atoms with Crippen molar-refractivity contribution in [3.63, 3.8) is 0 Å². The van der Waals surface area contributed by atoms with Gasteiger partial charge in [-0.3, -0.25) is 19.7 Å². The molecule has 7 nitrogen and oxygen atoms in total. The highest BCUT2D eigenvalue weighted by atomic mass is 19.1. The first-order chi connectivity index (χ1) is 8.81. The summed E-state index contributed by atoms with van der Waals surface area (Å²) in [4.78, 5) is 33.0. The van der Waals surface area contributed by atoms with Gasteiger partial charge in [0.25, 0.3) is 11.6 Å². The van der Waals surface area contributed by atoms with Crippen molar-refractivity contribution in [2.45, 2.75) is 6.42 Å². The van der Waals surface area contributed by atoms with Gasteiger partial charge in [0, 0.05) is 25.2 Å². The lowest BCUT2D eigenvalue weighted by Gasteiger charge is -2.15. The van der Waals surface area contributed by atoms with E-state index in [0.717, 1.165) is 17.0 Å². The number of carboxylic acids is 1. The van der Waals surface area contributed by atoms with E-state index in [2.05, 4.69) is 0 Å². The molecule has 0 spiro atoms. The van der Waals surface area contributed by atoms with E-state index in [1.54, 1.807) is 0 Å². The second-order valence-electron chi connectivity index (χ2n) is 3.83. The van der Waals surface area contributed by atoms with Gasteiger partial charge in [0.05, 0.1) is 17.4 Å². The van der Waals surface area contributed by atoms with Gasteiger partial charge in [-0.15, -0.1) is 0 Å². The first-order valence-corrected chi connectivity index (χ1v) is 5.23. The molecule has 0 aliphatic heterocycles. The fourth-order valence-corrected chi connectivity index (χ4v) is 1.39. The van der Waals surface area contributed by atoms with Crippen LogP contribution in [0.25, 0.3) is 0 Å². The standard InChI is InChI=1S/C11H11FN2O5/c1-13(3-2-10(15)16)11(17)7-4-8(12)6-9(5-7)14(18)19/h4-6H,2-3H2,1H3,(H,15,16). The monoisotopic (exact) mass is 270 g/mol. The summed E-state index contributed by atoms with van der Waals surface area (Å²) in [5, 5.41) is 19.0. The van der Waals surface area contributed by atoms with Gasteiger partial charge in [0.15, 0.2) is 0 Å². The third-order valence-corrected chi connectivity index (χ3v) is 2.35. The Kier molecular flexibility index (Phi) is 4.51. The Bertz CT molecular complexity index is 532. The van der Waals surface area contributed by atoms with Gasteiger partial charge in [-0.1, -0.05) is 0 Å². The first-order valence-electron chi connectivity index (χ1n) is 5.23. The Hall–Kier alpha value is -2.51. The van der Waals surface area contributed by atoms with Crippen LogP contribution in [0.15, 0.2) is 18.2 Å². The highest BCUT2D eigenvalue weighted by molar-refractivity contribution is 5.94. The fourth-order valence-electron chi connectivity index (χ4n) is 1.39. The average Bonchev–Trinajstić information content (AvgIpc) is 2.34. The minimum absolute atomic E-state index is 0.0710. The molecule has 1 aromatic carbocycles. The van der Waals surface area contributed by atoms with Crippen LogP contribution in [0.4, 0.5) is 10.1 Å². The number of nitro benzene ring substituents is 1. The molecule has 1 N–H and O–H groups in total.